The second kappa shape index (κ2) is 39.0. The lowest BCUT2D eigenvalue weighted by Crippen LogP contribution is -2.10. The Morgan fingerprint density at radius 2 is 0.261 bits per heavy atom. The van der Waals surface area contributed by atoms with Crippen molar-refractivity contribution in [2.24, 2.45) is 0 Å². The van der Waals surface area contributed by atoms with E-state index in [1.54, 1.807) is 0 Å². The number of nitrogens with zero attached hydrogens (tertiary/aromatic N) is 6. The van der Waals surface area contributed by atoms with Crippen LogP contribution in [-0.4, -0.2) is 0 Å². The maximum atomic E-state index is 2.35. The fourth-order valence-corrected chi connectivity index (χ4v) is 18.5. The minimum Gasteiger partial charge on any atom is -0.311 e. The Kier molecular flexibility index (Phi) is 24.2. The molecule has 134 heavy (non-hydrogen) atoms. The topological polar surface area (TPSA) is 19.4 Å². The molecular formula is C128H94N6. The van der Waals surface area contributed by atoms with Crippen LogP contribution >= 0.6 is 0 Å². The molecule has 0 spiro atoms. The van der Waals surface area contributed by atoms with Crippen molar-refractivity contribution in [3.8, 4) is 33.4 Å². The van der Waals surface area contributed by atoms with Gasteiger partial charge in [-0.2, -0.15) is 0 Å². The molecule has 0 unspecified atom stereocenters. The van der Waals surface area contributed by atoms with Gasteiger partial charge in [-0.05, 0) is 301 Å². The molecule has 6 heteroatoms. The van der Waals surface area contributed by atoms with E-state index in [-0.39, 0.29) is 0 Å². The maximum Gasteiger partial charge on any atom is 0.0540 e. The Morgan fingerprint density at radius 3 is 0.500 bits per heavy atom. The SMILES string of the molecule is c1ccc(N(c2ccccc2)c2ccc(-c3ccc(N(c4ccccc4)c4ccccc4)c4ccccc34)c3ccccc23)cc1.c1ccc(N(c2ccccc2)c2ccc(-c3ccc4cc(N(c5ccccc5)c5ccccc5)ccc4c3)cc2)cc1.c1ccc(N(c2ccccc2)c2ccc3cc(-c4ccc5cc(N(c6ccccc6)c6ccccc6)ccc5c4)ccc3c2)cc1. The van der Waals surface area contributed by atoms with Gasteiger partial charge in [-0.3, -0.25) is 0 Å². The van der Waals surface area contributed by atoms with Crippen LogP contribution in [0.25, 0.3) is 87.2 Å². The van der Waals surface area contributed by atoms with Gasteiger partial charge in [0.25, 0.3) is 0 Å². The number of hydrogen-bond acceptors (Lipinski definition) is 6. The second-order valence-electron chi connectivity index (χ2n) is 33.2. The lowest BCUT2D eigenvalue weighted by molar-refractivity contribution is 1.28. The fraction of sp³-hybridized carbons (Fsp3) is 0. The van der Waals surface area contributed by atoms with E-state index < -0.39 is 0 Å². The van der Waals surface area contributed by atoms with Gasteiger partial charge in [-0.25, -0.2) is 0 Å². The van der Waals surface area contributed by atoms with Gasteiger partial charge in [0.2, 0.25) is 0 Å². The third-order valence-corrected chi connectivity index (χ3v) is 24.8. The van der Waals surface area contributed by atoms with Crippen molar-refractivity contribution >= 4 is 156 Å². The van der Waals surface area contributed by atoms with Crippen LogP contribution in [0.2, 0.25) is 0 Å². The quantitative estimate of drug-likeness (QED) is 0.0709. The molecular weight excluding hydrogens is 1620 g/mol. The van der Waals surface area contributed by atoms with Gasteiger partial charge in [0.15, 0.2) is 0 Å². The van der Waals surface area contributed by atoms with Crippen molar-refractivity contribution in [1.82, 2.24) is 0 Å². The molecule has 636 valence electrons. The van der Waals surface area contributed by atoms with Crippen LogP contribution in [0, 0.1) is 0 Å². The molecule has 0 saturated carbocycles. The Balaban J connectivity index is 0.000000121. The fourth-order valence-electron chi connectivity index (χ4n) is 18.5. The summed E-state index contributed by atoms with van der Waals surface area (Å²) in [6.45, 7) is 0. The van der Waals surface area contributed by atoms with Crippen LogP contribution in [-0.2, 0) is 0 Å². The Labute approximate surface area is 783 Å². The number of anilines is 18. The number of hydrogen-bond donors (Lipinski definition) is 0. The van der Waals surface area contributed by atoms with Crippen molar-refractivity contribution in [2.45, 2.75) is 0 Å². The van der Waals surface area contributed by atoms with Crippen LogP contribution in [0.4, 0.5) is 102 Å². The molecule has 0 amide bonds. The van der Waals surface area contributed by atoms with E-state index in [4.69, 9.17) is 0 Å². The van der Waals surface area contributed by atoms with Gasteiger partial charge in [0.05, 0.1) is 11.4 Å². The smallest absolute Gasteiger partial charge is 0.0540 e. The highest BCUT2D eigenvalue weighted by Gasteiger charge is 2.24. The summed E-state index contributed by atoms with van der Waals surface area (Å²) < 4.78 is 0. The summed E-state index contributed by atoms with van der Waals surface area (Å²) in [5, 5.41) is 12.2. The van der Waals surface area contributed by atoms with Gasteiger partial charge in [-0.1, -0.05) is 346 Å². The van der Waals surface area contributed by atoms with Crippen molar-refractivity contribution < 1.29 is 0 Å². The molecule has 6 nitrogen and oxygen atoms in total. The van der Waals surface area contributed by atoms with Crippen LogP contribution in [0.3, 0.4) is 0 Å². The third-order valence-electron chi connectivity index (χ3n) is 24.8. The van der Waals surface area contributed by atoms with Gasteiger partial charge >= 0.3 is 0 Å². The molecule has 0 aliphatic rings. The highest BCUT2D eigenvalue weighted by atomic mass is 15.2. The number of benzene rings is 23. The summed E-state index contributed by atoms with van der Waals surface area (Å²) in [5.74, 6) is 0. The lowest BCUT2D eigenvalue weighted by atomic mass is 9.92. The molecule has 23 aromatic carbocycles. The molecule has 0 aliphatic carbocycles. The van der Waals surface area contributed by atoms with E-state index in [1.807, 2.05) is 0 Å². The first-order chi connectivity index (χ1) is 66.5. The van der Waals surface area contributed by atoms with E-state index in [0.717, 1.165) is 102 Å². The zero-order chi connectivity index (χ0) is 89.6. The minimum atomic E-state index is 1.13. The monoisotopic (exact) mass is 1710 g/mol. The molecule has 0 aliphatic heterocycles. The molecule has 0 atom stereocenters. The zero-order valence-corrected chi connectivity index (χ0v) is 74.0. The van der Waals surface area contributed by atoms with Crippen molar-refractivity contribution in [3.05, 3.63) is 570 Å². The van der Waals surface area contributed by atoms with Crippen LogP contribution in [0.5, 0.6) is 0 Å². The first kappa shape index (κ1) is 83.1. The average Bonchev–Trinajstić information content (AvgIpc) is 0.742. The zero-order valence-electron chi connectivity index (χ0n) is 74.0. The number of fused-ring (bicyclic) bond motifs is 5. The predicted octanol–water partition coefficient (Wildman–Crippen LogP) is 36.6. The largest absolute Gasteiger partial charge is 0.311 e. The van der Waals surface area contributed by atoms with E-state index >= 15 is 0 Å². The number of rotatable bonds is 21. The molecule has 0 radical (unpaired) electrons. The number of para-hydroxylation sites is 12. The van der Waals surface area contributed by atoms with Gasteiger partial charge in [0, 0.05) is 102 Å². The standard InChI is InChI=1S/2C44H32N2.C40H30N2/c1-5-17-33(18-6-1)45(34-19-7-2-8-20-34)43-31-29-39(37-25-13-15-27-41(37)43)40-30-32-44(42-28-16-14-26-38(40)42)46(35-21-9-3-10-22-35)36-23-11-4-12-24-36;1-5-13-39(14-6-1)45(40-15-7-2-8-16-40)43-27-25-35-29-33(21-23-37(35)31-43)34-22-24-38-32-44(28-26-36(38)30-34)46(41-17-9-3-10-18-41)42-19-11-4-12-20-42;1-5-13-35(14-6-1)41(36-15-7-2-8-16-36)39-26-23-31(24-27-39)32-21-22-34-30-40(28-25-33(34)29-32)42(37-17-9-3-10-18-37)38-19-11-4-12-20-38/h2*1-32H;1-30H. The van der Waals surface area contributed by atoms with Gasteiger partial charge in [0.1, 0.15) is 0 Å². The summed E-state index contributed by atoms with van der Waals surface area (Å²) in [5.41, 5.74) is 27.7. The molecule has 0 aromatic heterocycles. The normalized spacial score (nSPS) is 11.0. The summed E-state index contributed by atoms with van der Waals surface area (Å²) in [7, 11) is 0. The molecule has 0 heterocycles. The maximum absolute atomic E-state index is 2.35. The molecule has 0 fully saturated rings. The molecule has 23 rings (SSSR count). The van der Waals surface area contributed by atoms with Crippen molar-refractivity contribution in [3.63, 3.8) is 0 Å². The highest BCUT2D eigenvalue weighted by Crippen LogP contribution is 2.49. The Morgan fingerprint density at radius 1 is 0.0970 bits per heavy atom. The second-order valence-corrected chi connectivity index (χ2v) is 33.2. The van der Waals surface area contributed by atoms with Crippen LogP contribution in [0.1, 0.15) is 0 Å². The lowest BCUT2D eigenvalue weighted by Gasteiger charge is -2.28. The Hall–Kier alpha value is -17.8. The van der Waals surface area contributed by atoms with E-state index in [1.165, 1.54) is 87.2 Å². The Bertz CT molecular complexity index is 7320. The summed E-state index contributed by atoms with van der Waals surface area (Å²) in [6, 6.07) is 203. The molecule has 0 saturated heterocycles. The molecule has 0 N–H and O–H groups in total. The van der Waals surface area contributed by atoms with Crippen molar-refractivity contribution in [1.29, 1.82) is 0 Å². The van der Waals surface area contributed by atoms with E-state index in [2.05, 4.69) is 600 Å². The third kappa shape index (κ3) is 17.9. The molecule has 0 bridgehead atoms. The van der Waals surface area contributed by atoms with E-state index in [0.29, 0.717) is 0 Å². The van der Waals surface area contributed by atoms with Crippen molar-refractivity contribution in [2.75, 3.05) is 29.4 Å². The predicted molar refractivity (Wildman–Crippen MR) is 571 cm³/mol. The first-order valence-electron chi connectivity index (χ1n) is 45.7. The van der Waals surface area contributed by atoms with Gasteiger partial charge < -0.3 is 29.4 Å². The summed E-state index contributed by atoms with van der Waals surface area (Å²) in [6.07, 6.45) is 0. The minimum absolute atomic E-state index is 1.13. The van der Waals surface area contributed by atoms with E-state index in [9.17, 15) is 0 Å². The van der Waals surface area contributed by atoms with Crippen LogP contribution < -0.4 is 29.4 Å². The molecule has 23 aromatic rings. The highest BCUT2D eigenvalue weighted by molar-refractivity contribution is 6.13. The van der Waals surface area contributed by atoms with Crippen LogP contribution in [0.15, 0.2) is 570 Å². The summed E-state index contributed by atoms with van der Waals surface area (Å²) >= 11 is 0. The summed E-state index contributed by atoms with van der Waals surface area (Å²) in [4.78, 5) is 13.9. The average molecular weight is 1720 g/mol. The van der Waals surface area contributed by atoms with Gasteiger partial charge in [-0.15, -0.1) is 0 Å². The first-order valence-corrected chi connectivity index (χ1v) is 45.7.